The molecule has 10 heteroatoms. The fourth-order valence-electron chi connectivity index (χ4n) is 1.45. The Morgan fingerprint density at radius 1 is 1.00 bits per heavy atom. The van der Waals surface area contributed by atoms with Gasteiger partial charge in [-0.05, 0) is 18.2 Å². The van der Waals surface area contributed by atoms with E-state index in [9.17, 15) is 30.7 Å². The van der Waals surface area contributed by atoms with Gasteiger partial charge in [-0.25, -0.2) is 8.78 Å². The lowest BCUT2D eigenvalue weighted by atomic mass is 10.2. The summed E-state index contributed by atoms with van der Waals surface area (Å²) in [6.07, 6.45) is -12.9. The summed E-state index contributed by atoms with van der Waals surface area (Å²) in [5.41, 5.74) is -0.856. The lowest BCUT2D eigenvalue weighted by Crippen LogP contribution is -2.34. The van der Waals surface area contributed by atoms with Crippen molar-refractivity contribution in [3.63, 3.8) is 0 Å². The monoisotopic (exact) mass is 349 g/mol. The highest BCUT2D eigenvalue weighted by molar-refractivity contribution is 5.30. The minimum atomic E-state index is -4.50. The third kappa shape index (κ3) is 7.04. The van der Waals surface area contributed by atoms with Gasteiger partial charge in [-0.2, -0.15) is 22.0 Å². The molecule has 132 valence electrons. The van der Waals surface area contributed by atoms with Crippen LogP contribution in [0, 0.1) is 0 Å². The maximum absolute atomic E-state index is 12.5. The van der Waals surface area contributed by atoms with Crippen LogP contribution in [0.25, 0.3) is 0 Å². The predicted octanol–water partition coefficient (Wildman–Crippen LogP) is 3.55. The van der Waals surface area contributed by atoms with Crippen LogP contribution in [0.3, 0.4) is 0 Å². The fourth-order valence-corrected chi connectivity index (χ4v) is 1.45. The molecule has 1 aromatic carbocycles. The van der Waals surface area contributed by atoms with Gasteiger partial charge in [-0.1, -0.05) is 6.07 Å². The second-order valence-corrected chi connectivity index (χ2v) is 4.34. The molecule has 0 aliphatic heterocycles. The Kier molecular flexibility index (Phi) is 7.07. The van der Waals surface area contributed by atoms with Crippen molar-refractivity contribution >= 4 is 0 Å². The van der Waals surface area contributed by atoms with Crippen molar-refractivity contribution in [2.75, 3.05) is 26.3 Å². The first-order valence-electron chi connectivity index (χ1n) is 6.43. The van der Waals surface area contributed by atoms with E-state index in [-0.39, 0.29) is 25.4 Å². The molecule has 0 atom stereocenters. The molecule has 0 radical (unpaired) electrons. The second kappa shape index (κ2) is 8.34. The van der Waals surface area contributed by atoms with Gasteiger partial charge in [0.15, 0.2) is 0 Å². The second-order valence-electron chi connectivity index (χ2n) is 4.34. The Bertz CT molecular complexity index is 480. The molecule has 3 nitrogen and oxygen atoms in total. The lowest BCUT2D eigenvalue weighted by Gasteiger charge is -2.15. The van der Waals surface area contributed by atoms with Gasteiger partial charge in [0.25, 0.3) is 0 Å². The quantitative estimate of drug-likeness (QED) is 0.546. The number of ether oxygens (including phenoxy) is 2. The average Bonchev–Trinajstić information content (AvgIpc) is 2.45. The SMILES string of the molecule is FC(F)C(F)(F)OCCNCCOc1cccc(C(F)(F)F)c1. The molecular formula is C13H14F7NO2. The van der Waals surface area contributed by atoms with E-state index in [1.165, 1.54) is 12.1 Å². The van der Waals surface area contributed by atoms with E-state index >= 15 is 0 Å². The molecule has 0 aliphatic rings. The highest BCUT2D eigenvalue weighted by Gasteiger charge is 2.41. The van der Waals surface area contributed by atoms with Crippen LogP contribution < -0.4 is 10.1 Å². The summed E-state index contributed by atoms with van der Waals surface area (Å²) in [6, 6.07) is 4.24. The molecule has 0 heterocycles. The van der Waals surface area contributed by atoms with E-state index in [2.05, 4.69) is 10.1 Å². The van der Waals surface area contributed by atoms with Gasteiger partial charge in [0, 0.05) is 13.1 Å². The first kappa shape index (κ1) is 19.5. The average molecular weight is 349 g/mol. The summed E-state index contributed by atoms with van der Waals surface area (Å²) in [4.78, 5) is 0. The predicted molar refractivity (Wildman–Crippen MR) is 66.7 cm³/mol. The van der Waals surface area contributed by atoms with Gasteiger partial charge < -0.3 is 14.8 Å². The van der Waals surface area contributed by atoms with E-state index in [1.807, 2.05) is 0 Å². The summed E-state index contributed by atoms with van der Waals surface area (Å²) in [6.45, 7) is -0.721. The number of hydrogen-bond donors (Lipinski definition) is 1. The van der Waals surface area contributed by atoms with Crippen LogP contribution >= 0.6 is 0 Å². The fraction of sp³-hybridized carbons (Fsp3) is 0.538. The summed E-state index contributed by atoms with van der Waals surface area (Å²) < 4.78 is 94.3. The first-order valence-corrected chi connectivity index (χ1v) is 6.43. The van der Waals surface area contributed by atoms with Crippen LogP contribution in [-0.4, -0.2) is 38.8 Å². The highest BCUT2D eigenvalue weighted by atomic mass is 19.4. The number of hydrogen-bond acceptors (Lipinski definition) is 3. The summed E-state index contributed by atoms with van der Waals surface area (Å²) in [5, 5.41) is 2.56. The molecule has 0 saturated heterocycles. The molecule has 0 aromatic heterocycles. The molecule has 1 N–H and O–H groups in total. The number of benzene rings is 1. The number of nitrogens with one attached hydrogen (secondary N) is 1. The standard InChI is InChI=1S/C13H14F7NO2/c14-11(15)13(19,20)23-7-5-21-4-6-22-10-3-1-2-9(8-10)12(16,17)18/h1-3,8,11,21H,4-7H2. The van der Waals surface area contributed by atoms with Crippen molar-refractivity contribution in [1.29, 1.82) is 0 Å². The maximum atomic E-state index is 12.5. The summed E-state index contributed by atoms with van der Waals surface area (Å²) in [5.74, 6) is 0.00195. The molecule has 0 unspecified atom stereocenters. The van der Waals surface area contributed by atoms with Gasteiger partial charge in [-0.3, -0.25) is 0 Å². The lowest BCUT2D eigenvalue weighted by molar-refractivity contribution is -0.299. The van der Waals surface area contributed by atoms with Crippen LogP contribution in [0.4, 0.5) is 30.7 Å². The molecule has 0 spiro atoms. The molecule has 0 saturated carbocycles. The van der Waals surface area contributed by atoms with Crippen molar-refractivity contribution in [2.45, 2.75) is 18.7 Å². The molecule has 1 aromatic rings. The topological polar surface area (TPSA) is 30.5 Å². The molecule has 0 aliphatic carbocycles. The summed E-state index contributed by atoms with van der Waals surface area (Å²) in [7, 11) is 0. The van der Waals surface area contributed by atoms with Crippen LogP contribution in [0.15, 0.2) is 24.3 Å². The maximum Gasteiger partial charge on any atom is 0.416 e. The number of rotatable bonds is 9. The Labute approximate surface area is 127 Å². The zero-order chi connectivity index (χ0) is 17.5. The van der Waals surface area contributed by atoms with E-state index in [0.29, 0.717) is 0 Å². The molecule has 0 amide bonds. The van der Waals surface area contributed by atoms with Gasteiger partial charge >= 0.3 is 18.7 Å². The van der Waals surface area contributed by atoms with Crippen LogP contribution in [0.5, 0.6) is 5.75 Å². The Hall–Kier alpha value is -1.55. The normalized spacial score (nSPS) is 12.7. The van der Waals surface area contributed by atoms with Crippen molar-refractivity contribution in [1.82, 2.24) is 5.32 Å². The van der Waals surface area contributed by atoms with Crippen molar-refractivity contribution < 1.29 is 40.2 Å². The Morgan fingerprint density at radius 3 is 2.26 bits per heavy atom. The van der Waals surface area contributed by atoms with Crippen LogP contribution in [-0.2, 0) is 10.9 Å². The van der Waals surface area contributed by atoms with Gasteiger partial charge in [-0.15, -0.1) is 0 Å². The zero-order valence-electron chi connectivity index (χ0n) is 11.7. The van der Waals surface area contributed by atoms with Crippen LogP contribution in [0.2, 0.25) is 0 Å². The van der Waals surface area contributed by atoms with Crippen LogP contribution in [0.1, 0.15) is 5.56 Å². The molecule has 23 heavy (non-hydrogen) atoms. The highest BCUT2D eigenvalue weighted by Crippen LogP contribution is 2.31. The van der Waals surface area contributed by atoms with Crippen molar-refractivity contribution in [2.24, 2.45) is 0 Å². The van der Waals surface area contributed by atoms with E-state index < -0.39 is 30.9 Å². The molecule has 0 bridgehead atoms. The van der Waals surface area contributed by atoms with Gasteiger partial charge in [0.05, 0.1) is 12.2 Å². The van der Waals surface area contributed by atoms with Gasteiger partial charge in [0.1, 0.15) is 12.4 Å². The minimum absolute atomic E-state index is 0.00195. The minimum Gasteiger partial charge on any atom is -0.492 e. The largest absolute Gasteiger partial charge is 0.492 e. The third-order valence-electron chi connectivity index (χ3n) is 2.54. The Morgan fingerprint density at radius 2 is 1.65 bits per heavy atom. The van der Waals surface area contributed by atoms with E-state index in [4.69, 9.17) is 4.74 Å². The summed E-state index contributed by atoms with van der Waals surface area (Å²) >= 11 is 0. The third-order valence-corrected chi connectivity index (χ3v) is 2.54. The van der Waals surface area contributed by atoms with Crippen molar-refractivity contribution in [3.8, 4) is 5.75 Å². The zero-order valence-corrected chi connectivity index (χ0v) is 11.7. The first-order chi connectivity index (χ1) is 10.6. The Balaban J connectivity index is 2.21. The van der Waals surface area contributed by atoms with E-state index in [1.54, 1.807) is 0 Å². The molecule has 1 rings (SSSR count). The van der Waals surface area contributed by atoms with E-state index in [0.717, 1.165) is 12.1 Å². The van der Waals surface area contributed by atoms with Gasteiger partial charge in [0.2, 0.25) is 0 Å². The number of alkyl halides is 7. The van der Waals surface area contributed by atoms with Crippen molar-refractivity contribution in [3.05, 3.63) is 29.8 Å². The molecular weight excluding hydrogens is 335 g/mol. The molecule has 0 fully saturated rings. The smallest absolute Gasteiger partial charge is 0.416 e. The number of halogens is 7.